The summed E-state index contributed by atoms with van der Waals surface area (Å²) in [6, 6.07) is 17.2. The number of hydrogen-bond donors (Lipinski definition) is 1. The number of nitrogens with one attached hydrogen (secondary N) is 1. The quantitative estimate of drug-likeness (QED) is 0.317. The summed E-state index contributed by atoms with van der Waals surface area (Å²) in [6.07, 6.45) is 0. The summed E-state index contributed by atoms with van der Waals surface area (Å²) in [5.74, 6) is 2.19. The third-order valence-electron chi connectivity index (χ3n) is 4.26. The molecule has 0 aliphatic carbocycles. The first-order valence-corrected chi connectivity index (χ1v) is 10.6. The van der Waals surface area contributed by atoms with Gasteiger partial charge in [-0.25, -0.2) is 0 Å². The van der Waals surface area contributed by atoms with Gasteiger partial charge < -0.3 is 19.5 Å². The molecule has 1 N–H and O–H groups in total. The molecule has 0 amide bonds. The Morgan fingerprint density at radius 1 is 0.931 bits per heavy atom. The number of benzene rings is 3. The fourth-order valence-electron chi connectivity index (χ4n) is 2.72. The lowest BCUT2D eigenvalue weighted by Crippen LogP contribution is -2.04. The Labute approximate surface area is 194 Å². The van der Waals surface area contributed by atoms with Gasteiger partial charge in [0.1, 0.15) is 12.4 Å². The molecule has 0 saturated heterocycles. The fraction of sp³-hybridized carbons (Fsp3) is 0.182. The highest BCUT2D eigenvalue weighted by Gasteiger charge is 2.13. The van der Waals surface area contributed by atoms with Crippen LogP contribution in [0.5, 0.6) is 17.2 Å². The topological polar surface area (TPSA) is 39.7 Å². The average molecular weight is 544 g/mol. The Balaban J connectivity index is 1.70. The third-order valence-corrected chi connectivity index (χ3v) is 5.65. The van der Waals surface area contributed by atoms with Gasteiger partial charge in [-0.15, -0.1) is 0 Å². The van der Waals surface area contributed by atoms with E-state index in [-0.39, 0.29) is 0 Å². The smallest absolute Gasteiger partial charge is 0.174 e. The molecule has 0 aliphatic rings. The zero-order valence-electron chi connectivity index (χ0n) is 16.0. The molecular formula is C22H20Cl2INO3. The first-order valence-electron chi connectivity index (χ1n) is 8.81. The van der Waals surface area contributed by atoms with Crippen molar-refractivity contribution in [1.82, 2.24) is 0 Å². The maximum atomic E-state index is 6.24. The zero-order chi connectivity index (χ0) is 20.8. The van der Waals surface area contributed by atoms with Gasteiger partial charge in [0, 0.05) is 27.8 Å². The summed E-state index contributed by atoms with van der Waals surface area (Å²) in [5.41, 5.74) is 2.95. The highest BCUT2D eigenvalue weighted by atomic mass is 127. The number of anilines is 1. The van der Waals surface area contributed by atoms with Gasteiger partial charge >= 0.3 is 0 Å². The molecule has 0 fully saturated rings. The molecule has 0 bridgehead atoms. The van der Waals surface area contributed by atoms with Crippen LogP contribution in [0.15, 0.2) is 54.6 Å². The molecule has 7 heteroatoms. The molecule has 0 heterocycles. The molecule has 0 spiro atoms. The molecule has 0 aromatic heterocycles. The van der Waals surface area contributed by atoms with Gasteiger partial charge in [0.25, 0.3) is 0 Å². The van der Waals surface area contributed by atoms with Crippen molar-refractivity contribution < 1.29 is 14.2 Å². The number of hydrogen-bond acceptors (Lipinski definition) is 4. The molecule has 0 radical (unpaired) electrons. The van der Waals surface area contributed by atoms with E-state index in [2.05, 4.69) is 34.0 Å². The molecule has 0 saturated carbocycles. The van der Waals surface area contributed by atoms with E-state index in [0.29, 0.717) is 34.7 Å². The minimum atomic E-state index is 0.325. The summed E-state index contributed by atoms with van der Waals surface area (Å²) in [6.45, 7) is 0.980. The molecule has 0 unspecified atom stereocenters. The van der Waals surface area contributed by atoms with Crippen molar-refractivity contribution in [2.24, 2.45) is 0 Å². The molecule has 3 aromatic carbocycles. The van der Waals surface area contributed by atoms with Crippen molar-refractivity contribution in [2.75, 3.05) is 19.5 Å². The number of methoxy groups -OCH3 is 2. The molecule has 4 nitrogen and oxygen atoms in total. The summed E-state index contributed by atoms with van der Waals surface area (Å²) in [7, 11) is 3.29. The molecule has 0 aliphatic heterocycles. The van der Waals surface area contributed by atoms with E-state index in [1.165, 1.54) is 0 Å². The van der Waals surface area contributed by atoms with E-state index in [1.54, 1.807) is 26.4 Å². The highest BCUT2D eigenvalue weighted by Crippen LogP contribution is 2.35. The second kappa shape index (κ2) is 10.3. The Morgan fingerprint density at radius 3 is 2.34 bits per heavy atom. The van der Waals surface area contributed by atoms with E-state index >= 15 is 0 Å². The molecule has 3 aromatic rings. The molecule has 152 valence electrons. The van der Waals surface area contributed by atoms with Crippen LogP contribution in [0.1, 0.15) is 11.1 Å². The molecular weight excluding hydrogens is 524 g/mol. The van der Waals surface area contributed by atoms with Gasteiger partial charge in [0.15, 0.2) is 11.5 Å². The Bertz CT molecular complexity index is 981. The SMILES string of the molecule is COc1ccc(NCc2cc(I)c(OCc3ccc(Cl)cc3Cl)c(OC)c2)cc1. The average Bonchev–Trinajstić information content (AvgIpc) is 2.72. The lowest BCUT2D eigenvalue weighted by atomic mass is 10.2. The van der Waals surface area contributed by atoms with E-state index < -0.39 is 0 Å². The highest BCUT2D eigenvalue weighted by molar-refractivity contribution is 14.1. The van der Waals surface area contributed by atoms with Crippen LogP contribution in [0.4, 0.5) is 5.69 Å². The maximum Gasteiger partial charge on any atom is 0.174 e. The van der Waals surface area contributed by atoms with Crippen molar-refractivity contribution in [2.45, 2.75) is 13.2 Å². The van der Waals surface area contributed by atoms with E-state index in [4.69, 9.17) is 37.4 Å². The standard InChI is InChI=1S/C22H20Cl2INO3/c1-27-18-7-5-17(6-8-18)26-12-14-9-20(25)22(21(10-14)28-2)29-13-15-3-4-16(23)11-19(15)24/h3-11,26H,12-13H2,1-2H3. The number of rotatable bonds is 8. The first-order chi connectivity index (χ1) is 14.0. The van der Waals surface area contributed by atoms with Gasteiger partial charge in [0.2, 0.25) is 0 Å². The van der Waals surface area contributed by atoms with Crippen LogP contribution in [0, 0.1) is 3.57 Å². The van der Waals surface area contributed by atoms with E-state index in [9.17, 15) is 0 Å². The van der Waals surface area contributed by atoms with Gasteiger partial charge in [-0.1, -0.05) is 29.3 Å². The van der Waals surface area contributed by atoms with Gasteiger partial charge in [-0.05, 0) is 76.7 Å². The summed E-state index contributed by atoms with van der Waals surface area (Å²) in [4.78, 5) is 0. The van der Waals surface area contributed by atoms with E-state index in [0.717, 1.165) is 26.1 Å². The summed E-state index contributed by atoms with van der Waals surface area (Å²) in [5, 5.41) is 4.57. The number of halogens is 3. The molecule has 3 rings (SSSR count). The summed E-state index contributed by atoms with van der Waals surface area (Å²) < 4.78 is 17.7. The zero-order valence-corrected chi connectivity index (χ0v) is 19.6. The first kappa shape index (κ1) is 21.9. The van der Waals surface area contributed by atoms with Crippen molar-refractivity contribution in [3.63, 3.8) is 0 Å². The lowest BCUT2D eigenvalue weighted by molar-refractivity contribution is 0.282. The van der Waals surface area contributed by atoms with Crippen LogP contribution in [0.3, 0.4) is 0 Å². The Kier molecular flexibility index (Phi) is 7.75. The number of ether oxygens (including phenoxy) is 3. The fourth-order valence-corrected chi connectivity index (χ4v) is 4.00. The van der Waals surface area contributed by atoms with Crippen molar-refractivity contribution in [3.05, 3.63) is 79.3 Å². The van der Waals surface area contributed by atoms with Crippen molar-refractivity contribution >= 4 is 51.5 Å². The predicted molar refractivity (Wildman–Crippen MR) is 127 cm³/mol. The Hall–Kier alpha value is -1.83. The Morgan fingerprint density at radius 2 is 1.69 bits per heavy atom. The minimum absolute atomic E-state index is 0.325. The molecule has 0 atom stereocenters. The van der Waals surface area contributed by atoms with Crippen molar-refractivity contribution in [3.8, 4) is 17.2 Å². The predicted octanol–water partition coefficient (Wildman–Crippen LogP) is 6.81. The normalized spacial score (nSPS) is 10.5. The van der Waals surface area contributed by atoms with Gasteiger partial charge in [-0.2, -0.15) is 0 Å². The maximum absolute atomic E-state index is 6.24. The monoisotopic (exact) mass is 543 g/mol. The van der Waals surface area contributed by atoms with Gasteiger partial charge in [-0.3, -0.25) is 0 Å². The van der Waals surface area contributed by atoms with Crippen LogP contribution in [-0.2, 0) is 13.2 Å². The van der Waals surface area contributed by atoms with Gasteiger partial charge in [0.05, 0.1) is 17.8 Å². The van der Waals surface area contributed by atoms with Crippen LogP contribution in [-0.4, -0.2) is 14.2 Å². The van der Waals surface area contributed by atoms with Crippen molar-refractivity contribution in [1.29, 1.82) is 0 Å². The second-order valence-electron chi connectivity index (χ2n) is 6.22. The largest absolute Gasteiger partial charge is 0.497 e. The third kappa shape index (κ3) is 5.84. The van der Waals surface area contributed by atoms with Crippen LogP contribution in [0.2, 0.25) is 10.0 Å². The second-order valence-corrected chi connectivity index (χ2v) is 8.22. The van der Waals surface area contributed by atoms with Crippen LogP contribution in [0.25, 0.3) is 0 Å². The molecule has 29 heavy (non-hydrogen) atoms. The van der Waals surface area contributed by atoms with Crippen LogP contribution < -0.4 is 19.5 Å². The van der Waals surface area contributed by atoms with E-state index in [1.807, 2.05) is 36.4 Å². The minimum Gasteiger partial charge on any atom is -0.497 e. The van der Waals surface area contributed by atoms with Crippen LogP contribution >= 0.6 is 45.8 Å². The lowest BCUT2D eigenvalue weighted by Gasteiger charge is -2.16. The summed E-state index contributed by atoms with van der Waals surface area (Å²) >= 11 is 14.4.